The van der Waals surface area contributed by atoms with Crippen molar-refractivity contribution in [2.45, 2.75) is 19.1 Å². The van der Waals surface area contributed by atoms with E-state index in [0.29, 0.717) is 0 Å². The highest BCUT2D eigenvalue weighted by Gasteiger charge is 2.23. The highest BCUT2D eigenvalue weighted by molar-refractivity contribution is 6.57. The molecule has 0 heterocycles. The summed E-state index contributed by atoms with van der Waals surface area (Å²) in [6.45, 7) is 3.66. The van der Waals surface area contributed by atoms with E-state index in [-0.39, 0.29) is 5.92 Å². The zero-order valence-electron chi connectivity index (χ0n) is 5.00. The molecule has 0 bridgehead atoms. The van der Waals surface area contributed by atoms with Crippen LogP contribution >= 0.6 is 11.6 Å². The average molecular weight is 136 g/mol. The lowest BCUT2D eigenvalue weighted by atomic mass is 9.79. The third kappa shape index (κ3) is 2.55. The van der Waals surface area contributed by atoms with Gasteiger partial charge in [0.25, 0.3) is 0 Å². The second-order valence-electron chi connectivity index (χ2n) is 2.10. The Kier molecular flexibility index (Phi) is 3.44. The van der Waals surface area contributed by atoms with Crippen LogP contribution in [0.3, 0.4) is 0 Å². The highest BCUT2D eigenvalue weighted by Crippen LogP contribution is 2.09. The van der Waals surface area contributed by atoms with Crippen molar-refractivity contribution < 1.29 is 10.0 Å². The zero-order chi connectivity index (χ0) is 6.73. The molecule has 0 aliphatic rings. The maximum absolute atomic E-state index is 8.41. The van der Waals surface area contributed by atoms with E-state index in [4.69, 9.17) is 21.6 Å². The van der Waals surface area contributed by atoms with Crippen LogP contribution in [0.5, 0.6) is 0 Å². The van der Waals surface area contributed by atoms with E-state index in [1.165, 1.54) is 0 Å². The van der Waals surface area contributed by atoms with Crippen LogP contribution in [-0.2, 0) is 0 Å². The average Bonchev–Trinajstić information content (AvgIpc) is 1.64. The van der Waals surface area contributed by atoms with Gasteiger partial charge in [0, 0.05) is 0 Å². The van der Waals surface area contributed by atoms with Crippen LogP contribution in [0.2, 0.25) is 0 Å². The minimum atomic E-state index is -1.39. The van der Waals surface area contributed by atoms with Crippen molar-refractivity contribution in [3.63, 3.8) is 0 Å². The first-order valence-electron chi connectivity index (χ1n) is 2.56. The Bertz CT molecular complexity index is 59.1. The van der Waals surface area contributed by atoms with Crippen LogP contribution in [0.15, 0.2) is 0 Å². The Morgan fingerprint density at radius 3 is 1.75 bits per heavy atom. The fraction of sp³-hybridized carbons (Fsp3) is 1.00. The molecule has 0 aromatic heterocycles. The van der Waals surface area contributed by atoms with E-state index in [9.17, 15) is 0 Å². The van der Waals surface area contributed by atoms with Gasteiger partial charge in [0.05, 0.1) is 5.28 Å². The highest BCUT2D eigenvalue weighted by atomic mass is 35.5. The molecule has 48 valence electrons. The van der Waals surface area contributed by atoms with Crippen LogP contribution in [0.4, 0.5) is 0 Å². The van der Waals surface area contributed by atoms with E-state index >= 15 is 0 Å². The molecule has 2 nitrogen and oxygen atoms in total. The number of rotatable bonds is 2. The summed E-state index contributed by atoms with van der Waals surface area (Å²) in [7, 11) is -1.39. The summed E-state index contributed by atoms with van der Waals surface area (Å²) in [6.07, 6.45) is 0. The van der Waals surface area contributed by atoms with Gasteiger partial charge in [-0.2, -0.15) is 0 Å². The largest absolute Gasteiger partial charge is 0.470 e. The Morgan fingerprint density at radius 1 is 1.38 bits per heavy atom. The molecule has 0 radical (unpaired) electrons. The number of hydrogen-bond donors (Lipinski definition) is 2. The Morgan fingerprint density at radius 2 is 1.75 bits per heavy atom. The molecule has 0 aromatic carbocycles. The third-order valence-electron chi connectivity index (χ3n) is 0.922. The number of hydrogen-bond acceptors (Lipinski definition) is 2. The maximum atomic E-state index is 8.41. The van der Waals surface area contributed by atoms with E-state index < -0.39 is 12.4 Å². The van der Waals surface area contributed by atoms with Crippen molar-refractivity contribution in [1.82, 2.24) is 0 Å². The van der Waals surface area contributed by atoms with Gasteiger partial charge in [-0.15, -0.1) is 11.6 Å². The molecular formula is C4H10BClO2. The summed E-state index contributed by atoms with van der Waals surface area (Å²) in [5, 5.41) is 16.3. The van der Waals surface area contributed by atoms with Crippen molar-refractivity contribution in [3.05, 3.63) is 0 Å². The predicted molar refractivity (Wildman–Crippen MR) is 34.7 cm³/mol. The molecule has 1 atom stereocenters. The molecule has 0 aliphatic heterocycles. The molecule has 0 spiro atoms. The molecule has 0 aromatic rings. The van der Waals surface area contributed by atoms with E-state index in [0.717, 1.165) is 0 Å². The second-order valence-corrected chi connectivity index (χ2v) is 2.61. The standard InChI is InChI=1S/C4H10BClO2/c1-3(2)4(6)5(7)8/h3-4,7-8H,1-2H3. The first-order chi connectivity index (χ1) is 3.55. The molecule has 0 fully saturated rings. The van der Waals surface area contributed by atoms with Crippen LogP contribution in [0.1, 0.15) is 13.8 Å². The molecular weight excluding hydrogens is 126 g/mol. The Hall–Kier alpha value is 0.275. The van der Waals surface area contributed by atoms with Gasteiger partial charge in [0.2, 0.25) is 0 Å². The van der Waals surface area contributed by atoms with E-state index in [2.05, 4.69) is 0 Å². The molecule has 0 saturated heterocycles. The summed E-state index contributed by atoms with van der Waals surface area (Å²) in [6, 6.07) is 0. The normalized spacial score (nSPS) is 14.2. The second kappa shape index (κ2) is 3.33. The molecule has 0 rings (SSSR count). The first kappa shape index (κ1) is 8.27. The lowest BCUT2D eigenvalue weighted by Gasteiger charge is -2.09. The summed E-state index contributed by atoms with van der Waals surface area (Å²) < 4.78 is 0. The van der Waals surface area contributed by atoms with Gasteiger partial charge in [-0.05, 0) is 5.92 Å². The fourth-order valence-corrected chi connectivity index (χ4v) is 0.344. The van der Waals surface area contributed by atoms with Gasteiger partial charge in [-0.25, -0.2) is 0 Å². The van der Waals surface area contributed by atoms with Crippen LogP contribution in [0.25, 0.3) is 0 Å². The van der Waals surface area contributed by atoms with Crippen molar-refractivity contribution in [2.75, 3.05) is 0 Å². The molecule has 2 N–H and O–H groups in total. The molecule has 1 unspecified atom stereocenters. The molecule has 0 saturated carbocycles. The van der Waals surface area contributed by atoms with Crippen LogP contribution in [-0.4, -0.2) is 22.4 Å². The predicted octanol–water partition coefficient (Wildman–Crippen LogP) is 0.262. The summed E-state index contributed by atoms with van der Waals surface area (Å²) in [5.41, 5.74) is 0. The van der Waals surface area contributed by atoms with Gasteiger partial charge < -0.3 is 10.0 Å². The SMILES string of the molecule is CC(C)C(Cl)B(O)O. The van der Waals surface area contributed by atoms with Gasteiger partial charge in [-0.1, -0.05) is 13.8 Å². The monoisotopic (exact) mass is 136 g/mol. The molecule has 0 aliphatic carbocycles. The van der Waals surface area contributed by atoms with Crippen LogP contribution < -0.4 is 0 Å². The maximum Gasteiger partial charge on any atom is 0.470 e. The van der Waals surface area contributed by atoms with Gasteiger partial charge in [-0.3, -0.25) is 0 Å². The minimum Gasteiger partial charge on any atom is -0.426 e. The molecule has 8 heavy (non-hydrogen) atoms. The Balaban J connectivity index is 3.46. The van der Waals surface area contributed by atoms with Crippen molar-refractivity contribution >= 4 is 18.7 Å². The first-order valence-corrected chi connectivity index (χ1v) is 2.99. The van der Waals surface area contributed by atoms with Crippen LogP contribution in [0, 0.1) is 5.92 Å². The summed E-state index contributed by atoms with van der Waals surface area (Å²) in [4.78, 5) is 0. The van der Waals surface area contributed by atoms with Crippen molar-refractivity contribution in [1.29, 1.82) is 0 Å². The zero-order valence-corrected chi connectivity index (χ0v) is 5.76. The Labute approximate surface area is 54.6 Å². The van der Waals surface area contributed by atoms with Crippen molar-refractivity contribution in [3.8, 4) is 0 Å². The fourth-order valence-electron chi connectivity index (χ4n) is 0.344. The number of alkyl halides is 1. The lowest BCUT2D eigenvalue weighted by molar-refractivity contribution is 0.388. The molecule has 0 amide bonds. The van der Waals surface area contributed by atoms with E-state index in [1.54, 1.807) is 0 Å². The molecule has 4 heteroatoms. The third-order valence-corrected chi connectivity index (χ3v) is 1.65. The van der Waals surface area contributed by atoms with Gasteiger partial charge in [0.15, 0.2) is 0 Å². The minimum absolute atomic E-state index is 0.108. The lowest BCUT2D eigenvalue weighted by Crippen LogP contribution is -2.30. The van der Waals surface area contributed by atoms with Gasteiger partial charge >= 0.3 is 7.12 Å². The smallest absolute Gasteiger partial charge is 0.426 e. The summed E-state index contributed by atoms with van der Waals surface area (Å²) in [5.74, 6) is 0.108. The van der Waals surface area contributed by atoms with E-state index in [1.807, 2.05) is 13.8 Å². The summed E-state index contributed by atoms with van der Waals surface area (Å²) >= 11 is 5.45. The van der Waals surface area contributed by atoms with Gasteiger partial charge in [0.1, 0.15) is 0 Å². The topological polar surface area (TPSA) is 40.5 Å². The van der Waals surface area contributed by atoms with Crippen molar-refractivity contribution in [2.24, 2.45) is 5.92 Å². The quantitative estimate of drug-likeness (QED) is 0.422. The number of halogens is 1.